The summed E-state index contributed by atoms with van der Waals surface area (Å²) in [6.45, 7) is 8.45. The summed E-state index contributed by atoms with van der Waals surface area (Å²) in [5, 5.41) is 0. The molecule has 0 bridgehead atoms. The summed E-state index contributed by atoms with van der Waals surface area (Å²) >= 11 is 0. The molecule has 1 fully saturated rings. The average molecular weight is 322 g/mol. The van der Waals surface area contributed by atoms with Crippen molar-refractivity contribution in [1.82, 2.24) is 0 Å². The maximum absolute atomic E-state index is 6.23. The zero-order valence-corrected chi connectivity index (χ0v) is 15.2. The van der Waals surface area contributed by atoms with Crippen molar-refractivity contribution in [3.8, 4) is 0 Å². The van der Waals surface area contributed by atoms with E-state index in [1.54, 1.807) is 0 Å². The lowest BCUT2D eigenvalue weighted by molar-refractivity contribution is 0.00578. The van der Waals surface area contributed by atoms with Gasteiger partial charge in [-0.1, -0.05) is 60.7 Å². The summed E-state index contributed by atoms with van der Waals surface area (Å²) in [5.74, 6) is 0.378. The highest BCUT2D eigenvalue weighted by Gasteiger charge is 2.51. The Morgan fingerprint density at radius 3 is 1.83 bits per heavy atom. The van der Waals surface area contributed by atoms with Gasteiger partial charge in [0.2, 0.25) is 0 Å². The van der Waals surface area contributed by atoms with Gasteiger partial charge in [0.25, 0.3) is 0 Å². The molecule has 1 aliphatic rings. The van der Waals surface area contributed by atoms with E-state index < -0.39 is 0 Å². The number of hydrogen-bond donors (Lipinski definition) is 0. The largest absolute Gasteiger partial charge is 0.458 e. The quantitative estimate of drug-likeness (QED) is 0.713. The molecule has 0 amide bonds. The molecule has 0 radical (unpaired) electrons. The molecule has 0 spiro atoms. The monoisotopic (exact) mass is 322 g/mol. The van der Waals surface area contributed by atoms with E-state index in [2.05, 4.69) is 88.4 Å². The highest BCUT2D eigenvalue weighted by Crippen LogP contribution is 2.40. The van der Waals surface area contributed by atoms with E-state index in [1.807, 2.05) is 0 Å². The third-order valence-electron chi connectivity index (χ3n) is 5.37. The SMILES string of the molecule is CC1(C)OB(C[C@H](Cc2ccccc2)c2ccccc2)OC1(C)C. The molecule has 3 heteroatoms. The van der Waals surface area contributed by atoms with Crippen molar-refractivity contribution in [3.05, 3.63) is 71.8 Å². The Bertz CT molecular complexity index is 636. The molecule has 1 saturated heterocycles. The Balaban J connectivity index is 1.79. The molecule has 24 heavy (non-hydrogen) atoms. The van der Waals surface area contributed by atoms with Gasteiger partial charge in [-0.15, -0.1) is 0 Å². The molecule has 2 nitrogen and oxygen atoms in total. The molecule has 1 aliphatic heterocycles. The van der Waals surface area contributed by atoms with Gasteiger partial charge in [-0.2, -0.15) is 0 Å². The van der Waals surface area contributed by atoms with Crippen molar-refractivity contribution < 1.29 is 9.31 Å². The van der Waals surface area contributed by atoms with Crippen LogP contribution in [0.25, 0.3) is 0 Å². The van der Waals surface area contributed by atoms with Crippen LogP contribution >= 0.6 is 0 Å². The van der Waals surface area contributed by atoms with Crippen LogP contribution in [0.5, 0.6) is 0 Å². The van der Waals surface area contributed by atoms with Gasteiger partial charge in [-0.25, -0.2) is 0 Å². The first-order chi connectivity index (χ1) is 11.4. The number of benzene rings is 2. The summed E-state index contributed by atoms with van der Waals surface area (Å²) in [6, 6.07) is 21.4. The molecule has 0 aliphatic carbocycles. The Morgan fingerprint density at radius 2 is 1.29 bits per heavy atom. The van der Waals surface area contributed by atoms with E-state index >= 15 is 0 Å². The number of hydrogen-bond acceptors (Lipinski definition) is 2. The highest BCUT2D eigenvalue weighted by atomic mass is 16.7. The fraction of sp³-hybridized carbons (Fsp3) is 0.429. The van der Waals surface area contributed by atoms with Crippen molar-refractivity contribution in [2.45, 2.75) is 57.6 Å². The predicted octanol–water partition coefficient (Wildman–Crippen LogP) is 5.11. The standard InChI is InChI=1S/C21H27BO2/c1-20(2)21(3,4)24-22(23-20)16-19(18-13-9-6-10-14-18)15-17-11-7-5-8-12-17/h5-14,19H,15-16H2,1-4H3/t19-/m0/s1. The van der Waals surface area contributed by atoms with E-state index in [0.717, 1.165) is 12.7 Å². The first-order valence-electron chi connectivity index (χ1n) is 8.82. The van der Waals surface area contributed by atoms with Crippen LogP contribution < -0.4 is 0 Å². The van der Waals surface area contributed by atoms with Gasteiger partial charge < -0.3 is 9.31 Å². The Morgan fingerprint density at radius 1 is 0.792 bits per heavy atom. The summed E-state index contributed by atoms with van der Waals surface area (Å²) < 4.78 is 12.5. The second-order valence-electron chi connectivity index (χ2n) is 7.72. The van der Waals surface area contributed by atoms with Gasteiger partial charge >= 0.3 is 7.12 Å². The molecule has 0 unspecified atom stereocenters. The third-order valence-corrected chi connectivity index (χ3v) is 5.37. The minimum absolute atomic E-state index is 0.163. The van der Waals surface area contributed by atoms with E-state index in [1.165, 1.54) is 11.1 Å². The van der Waals surface area contributed by atoms with E-state index in [4.69, 9.17) is 9.31 Å². The van der Waals surface area contributed by atoms with Crippen LogP contribution in [0.15, 0.2) is 60.7 Å². The Kier molecular flexibility index (Phi) is 4.84. The molecule has 2 aromatic rings. The molecular weight excluding hydrogens is 295 g/mol. The lowest BCUT2D eigenvalue weighted by Crippen LogP contribution is -2.41. The van der Waals surface area contributed by atoms with Crippen molar-refractivity contribution in [3.63, 3.8) is 0 Å². The minimum atomic E-state index is -0.272. The summed E-state index contributed by atoms with van der Waals surface area (Å²) in [6.07, 6.45) is 1.86. The van der Waals surface area contributed by atoms with Gasteiger partial charge in [-0.3, -0.25) is 0 Å². The highest BCUT2D eigenvalue weighted by molar-refractivity contribution is 6.45. The van der Waals surface area contributed by atoms with Crippen LogP contribution in [0, 0.1) is 0 Å². The van der Waals surface area contributed by atoms with Crippen molar-refractivity contribution in [2.75, 3.05) is 0 Å². The predicted molar refractivity (Wildman–Crippen MR) is 100 cm³/mol. The Labute approximate surface area is 146 Å². The fourth-order valence-corrected chi connectivity index (χ4v) is 3.25. The molecule has 2 aromatic carbocycles. The molecule has 126 valence electrons. The summed E-state index contributed by atoms with van der Waals surface area (Å²) in [7, 11) is -0.163. The molecule has 1 heterocycles. The Hall–Kier alpha value is -1.58. The van der Waals surface area contributed by atoms with Gasteiger partial charge in [0.05, 0.1) is 11.2 Å². The maximum atomic E-state index is 6.23. The third kappa shape index (κ3) is 3.74. The van der Waals surface area contributed by atoms with Crippen LogP contribution in [-0.4, -0.2) is 18.3 Å². The van der Waals surface area contributed by atoms with Crippen LogP contribution in [0.4, 0.5) is 0 Å². The van der Waals surface area contributed by atoms with E-state index in [-0.39, 0.29) is 18.3 Å². The first kappa shape index (κ1) is 17.3. The smallest absolute Gasteiger partial charge is 0.403 e. The molecule has 1 atom stereocenters. The molecule has 0 N–H and O–H groups in total. The topological polar surface area (TPSA) is 18.5 Å². The molecule has 0 saturated carbocycles. The van der Waals surface area contributed by atoms with E-state index in [0.29, 0.717) is 5.92 Å². The van der Waals surface area contributed by atoms with Crippen LogP contribution in [-0.2, 0) is 15.7 Å². The van der Waals surface area contributed by atoms with Crippen LogP contribution in [0.1, 0.15) is 44.7 Å². The van der Waals surface area contributed by atoms with Crippen molar-refractivity contribution in [1.29, 1.82) is 0 Å². The van der Waals surface area contributed by atoms with Gasteiger partial charge in [0, 0.05) is 0 Å². The molecule has 3 rings (SSSR count). The average Bonchev–Trinajstić information content (AvgIpc) is 2.75. The maximum Gasteiger partial charge on any atom is 0.458 e. The zero-order valence-electron chi connectivity index (χ0n) is 15.2. The minimum Gasteiger partial charge on any atom is -0.403 e. The van der Waals surface area contributed by atoms with Gasteiger partial charge in [-0.05, 0) is 57.5 Å². The van der Waals surface area contributed by atoms with Crippen molar-refractivity contribution >= 4 is 7.12 Å². The summed E-state index contributed by atoms with van der Waals surface area (Å²) in [4.78, 5) is 0. The number of rotatable bonds is 5. The second kappa shape index (κ2) is 6.74. The van der Waals surface area contributed by atoms with E-state index in [9.17, 15) is 0 Å². The van der Waals surface area contributed by atoms with Gasteiger partial charge in [0.1, 0.15) is 0 Å². The van der Waals surface area contributed by atoms with Crippen LogP contribution in [0.3, 0.4) is 0 Å². The lowest BCUT2D eigenvalue weighted by atomic mass is 9.72. The molecular formula is C21H27BO2. The second-order valence-corrected chi connectivity index (χ2v) is 7.72. The molecule has 0 aromatic heterocycles. The fourth-order valence-electron chi connectivity index (χ4n) is 3.25. The first-order valence-corrected chi connectivity index (χ1v) is 8.82. The van der Waals surface area contributed by atoms with Crippen molar-refractivity contribution in [2.24, 2.45) is 0 Å². The lowest BCUT2D eigenvalue weighted by Gasteiger charge is -2.32. The van der Waals surface area contributed by atoms with Gasteiger partial charge in [0.15, 0.2) is 0 Å². The zero-order chi connectivity index (χ0) is 17.2. The normalized spacial score (nSPS) is 20.1. The van der Waals surface area contributed by atoms with Crippen LogP contribution in [0.2, 0.25) is 6.32 Å². The summed E-state index contributed by atoms with van der Waals surface area (Å²) in [5.41, 5.74) is 2.15.